The molecule has 0 aromatic rings. The van der Waals surface area contributed by atoms with Crippen molar-refractivity contribution in [3.05, 3.63) is 0 Å². The third-order valence-electron chi connectivity index (χ3n) is 4.03. The first kappa shape index (κ1) is 10.4. The Morgan fingerprint density at radius 2 is 1.79 bits per heavy atom. The molecule has 0 aliphatic heterocycles. The van der Waals surface area contributed by atoms with Crippen LogP contribution in [0.1, 0.15) is 51.4 Å². The fourth-order valence-corrected chi connectivity index (χ4v) is 2.79. The Balaban J connectivity index is 1.81. The van der Waals surface area contributed by atoms with Gasteiger partial charge in [0.1, 0.15) is 0 Å². The molecule has 1 N–H and O–H groups in total. The van der Waals surface area contributed by atoms with E-state index in [0.29, 0.717) is 0 Å². The molecule has 0 unspecified atom stereocenters. The first-order chi connectivity index (χ1) is 6.70. The average Bonchev–Trinajstić information content (AvgIpc) is 2.00. The van der Waals surface area contributed by atoms with Crippen molar-refractivity contribution in [1.82, 2.24) is 4.90 Å². The molecule has 2 aliphatic rings. The fraction of sp³-hybridized carbons (Fsp3) is 1.00. The molecule has 0 amide bonds. The van der Waals surface area contributed by atoms with Crippen LogP contribution in [0.2, 0.25) is 0 Å². The van der Waals surface area contributed by atoms with Gasteiger partial charge in [0, 0.05) is 12.6 Å². The second-order valence-electron chi connectivity index (χ2n) is 5.28. The standard InChI is InChI=1S/C12H23NO/c1-13(11-6-5-7-11)10-12(14)8-3-2-4-9-12/h11,14H,2-10H2,1H3. The van der Waals surface area contributed by atoms with Crippen LogP contribution >= 0.6 is 0 Å². The van der Waals surface area contributed by atoms with Gasteiger partial charge in [0.25, 0.3) is 0 Å². The Hall–Kier alpha value is -0.0800. The molecule has 0 saturated heterocycles. The van der Waals surface area contributed by atoms with E-state index < -0.39 is 0 Å². The van der Waals surface area contributed by atoms with E-state index in [1.54, 1.807) is 0 Å². The largest absolute Gasteiger partial charge is 0.389 e. The molecule has 82 valence electrons. The smallest absolute Gasteiger partial charge is 0.0774 e. The lowest BCUT2D eigenvalue weighted by Gasteiger charge is -2.41. The monoisotopic (exact) mass is 197 g/mol. The maximum absolute atomic E-state index is 10.4. The van der Waals surface area contributed by atoms with Gasteiger partial charge < -0.3 is 10.0 Å². The molecule has 2 aliphatic carbocycles. The minimum atomic E-state index is -0.359. The molecule has 2 fully saturated rings. The summed E-state index contributed by atoms with van der Waals surface area (Å²) in [6.45, 7) is 0.900. The van der Waals surface area contributed by atoms with Gasteiger partial charge in [0.05, 0.1) is 5.60 Å². The molecule has 14 heavy (non-hydrogen) atoms. The number of nitrogens with zero attached hydrogens (tertiary/aromatic N) is 1. The van der Waals surface area contributed by atoms with Gasteiger partial charge in [-0.2, -0.15) is 0 Å². The summed E-state index contributed by atoms with van der Waals surface area (Å²) in [7, 11) is 2.18. The third kappa shape index (κ3) is 2.29. The summed E-state index contributed by atoms with van der Waals surface area (Å²) in [5.74, 6) is 0. The van der Waals surface area contributed by atoms with Crippen molar-refractivity contribution in [3.63, 3.8) is 0 Å². The lowest BCUT2D eigenvalue weighted by Crippen LogP contribution is -2.48. The number of rotatable bonds is 3. The lowest BCUT2D eigenvalue weighted by atomic mass is 9.83. The maximum atomic E-state index is 10.4. The van der Waals surface area contributed by atoms with Crippen LogP contribution in [0.4, 0.5) is 0 Å². The first-order valence-corrected chi connectivity index (χ1v) is 6.12. The predicted molar refractivity (Wildman–Crippen MR) is 58.3 cm³/mol. The zero-order valence-corrected chi connectivity index (χ0v) is 9.34. The highest BCUT2D eigenvalue weighted by Gasteiger charge is 2.33. The van der Waals surface area contributed by atoms with E-state index in [4.69, 9.17) is 0 Å². The number of likely N-dealkylation sites (N-methyl/N-ethyl adjacent to an activating group) is 1. The SMILES string of the molecule is CN(CC1(O)CCCCC1)C1CCC1. The Labute approximate surface area is 87.3 Å². The van der Waals surface area contributed by atoms with Crippen LogP contribution in [0.3, 0.4) is 0 Å². The van der Waals surface area contributed by atoms with Gasteiger partial charge >= 0.3 is 0 Å². The van der Waals surface area contributed by atoms with Gasteiger partial charge in [-0.15, -0.1) is 0 Å². The minimum absolute atomic E-state index is 0.359. The Kier molecular flexibility index (Phi) is 3.13. The summed E-state index contributed by atoms with van der Waals surface area (Å²) < 4.78 is 0. The molecule has 0 spiro atoms. The highest BCUT2D eigenvalue weighted by molar-refractivity contribution is 4.88. The summed E-state index contributed by atoms with van der Waals surface area (Å²) in [6, 6.07) is 0.765. The highest BCUT2D eigenvalue weighted by Crippen LogP contribution is 2.31. The van der Waals surface area contributed by atoms with Crippen LogP contribution in [0.25, 0.3) is 0 Å². The second-order valence-corrected chi connectivity index (χ2v) is 5.28. The summed E-state index contributed by atoms with van der Waals surface area (Å²) in [5.41, 5.74) is -0.359. The van der Waals surface area contributed by atoms with Crippen molar-refractivity contribution >= 4 is 0 Å². The van der Waals surface area contributed by atoms with Gasteiger partial charge in [-0.05, 0) is 32.7 Å². The molecule has 0 radical (unpaired) electrons. The zero-order valence-electron chi connectivity index (χ0n) is 9.34. The van der Waals surface area contributed by atoms with Crippen molar-refractivity contribution in [3.8, 4) is 0 Å². The average molecular weight is 197 g/mol. The molecule has 0 aromatic heterocycles. The van der Waals surface area contributed by atoms with Gasteiger partial charge in [-0.25, -0.2) is 0 Å². The van der Waals surface area contributed by atoms with Gasteiger partial charge in [-0.3, -0.25) is 0 Å². The molecular formula is C12H23NO. The summed E-state index contributed by atoms with van der Waals surface area (Å²) in [4.78, 5) is 2.38. The number of aliphatic hydroxyl groups is 1. The van der Waals surface area contributed by atoms with Crippen LogP contribution in [-0.4, -0.2) is 35.2 Å². The Morgan fingerprint density at radius 3 is 2.29 bits per heavy atom. The molecular weight excluding hydrogens is 174 g/mol. The molecule has 2 heteroatoms. The Morgan fingerprint density at radius 1 is 1.14 bits per heavy atom. The van der Waals surface area contributed by atoms with Crippen LogP contribution in [0, 0.1) is 0 Å². The third-order valence-corrected chi connectivity index (χ3v) is 4.03. The van der Waals surface area contributed by atoms with E-state index >= 15 is 0 Å². The van der Waals surface area contributed by atoms with E-state index in [9.17, 15) is 5.11 Å². The van der Waals surface area contributed by atoms with Gasteiger partial charge in [-0.1, -0.05) is 25.7 Å². The fourth-order valence-electron chi connectivity index (χ4n) is 2.79. The molecule has 0 bridgehead atoms. The van der Waals surface area contributed by atoms with Gasteiger partial charge in [0.15, 0.2) is 0 Å². The van der Waals surface area contributed by atoms with Crippen molar-refractivity contribution in [1.29, 1.82) is 0 Å². The molecule has 0 atom stereocenters. The Bertz CT molecular complexity index is 183. The van der Waals surface area contributed by atoms with E-state index in [1.807, 2.05) is 0 Å². The van der Waals surface area contributed by atoms with Crippen LogP contribution in [0.15, 0.2) is 0 Å². The summed E-state index contributed by atoms with van der Waals surface area (Å²) >= 11 is 0. The number of hydrogen-bond acceptors (Lipinski definition) is 2. The lowest BCUT2D eigenvalue weighted by molar-refractivity contribution is -0.0365. The summed E-state index contributed by atoms with van der Waals surface area (Å²) in [6.07, 6.45) is 9.85. The van der Waals surface area contributed by atoms with Gasteiger partial charge in [0.2, 0.25) is 0 Å². The highest BCUT2D eigenvalue weighted by atomic mass is 16.3. The van der Waals surface area contributed by atoms with Crippen molar-refractivity contribution in [2.24, 2.45) is 0 Å². The molecule has 0 heterocycles. The van der Waals surface area contributed by atoms with Crippen LogP contribution < -0.4 is 0 Å². The number of hydrogen-bond donors (Lipinski definition) is 1. The quantitative estimate of drug-likeness (QED) is 0.749. The normalized spacial score (nSPS) is 27.6. The zero-order chi connectivity index (χ0) is 10.0. The first-order valence-electron chi connectivity index (χ1n) is 6.12. The van der Waals surface area contributed by atoms with E-state index in [1.165, 1.54) is 38.5 Å². The van der Waals surface area contributed by atoms with Crippen molar-refractivity contribution in [2.45, 2.75) is 63.0 Å². The maximum Gasteiger partial charge on any atom is 0.0774 e. The van der Waals surface area contributed by atoms with Crippen molar-refractivity contribution < 1.29 is 5.11 Å². The van der Waals surface area contributed by atoms with Crippen molar-refractivity contribution in [2.75, 3.05) is 13.6 Å². The van der Waals surface area contributed by atoms with E-state index in [2.05, 4.69) is 11.9 Å². The predicted octanol–water partition coefficient (Wildman–Crippen LogP) is 2.17. The minimum Gasteiger partial charge on any atom is -0.389 e. The molecule has 0 aromatic carbocycles. The molecule has 2 rings (SSSR count). The van der Waals surface area contributed by atoms with Crippen LogP contribution in [0.5, 0.6) is 0 Å². The molecule has 2 saturated carbocycles. The van der Waals surface area contributed by atoms with E-state index in [0.717, 1.165) is 25.4 Å². The topological polar surface area (TPSA) is 23.5 Å². The van der Waals surface area contributed by atoms with Crippen LogP contribution in [-0.2, 0) is 0 Å². The second kappa shape index (κ2) is 4.19. The summed E-state index contributed by atoms with van der Waals surface area (Å²) in [5, 5.41) is 10.4. The molecule has 2 nitrogen and oxygen atoms in total. The van der Waals surface area contributed by atoms with E-state index in [-0.39, 0.29) is 5.60 Å².